The lowest BCUT2D eigenvalue weighted by Gasteiger charge is -2.23. The van der Waals surface area contributed by atoms with E-state index < -0.39 is 41.1 Å². The number of alkyl halides is 9. The molecular formula is C24H17F9. The standard InChI is InChI=1S/C24H17F9/c25-22(26,27)18-10-8-15(9-11-18)12-17(20-6-1-2-7-21(20)24(31,32)33)13-16-4-3-5-19(14-16)23(28,29)30/h1-11,14,17H,12-13H2. The van der Waals surface area contributed by atoms with Gasteiger partial charge < -0.3 is 0 Å². The van der Waals surface area contributed by atoms with Crippen LogP contribution in [-0.4, -0.2) is 0 Å². The molecule has 0 aromatic heterocycles. The SMILES string of the molecule is FC(F)(F)c1ccc(CC(Cc2cccc(C(F)(F)F)c2)c2ccccc2C(F)(F)F)cc1. The van der Waals surface area contributed by atoms with Crippen molar-refractivity contribution in [1.29, 1.82) is 0 Å². The van der Waals surface area contributed by atoms with Gasteiger partial charge in [0.2, 0.25) is 0 Å². The summed E-state index contributed by atoms with van der Waals surface area (Å²) in [7, 11) is 0. The molecular weight excluding hydrogens is 459 g/mol. The molecule has 33 heavy (non-hydrogen) atoms. The minimum absolute atomic E-state index is 0.0958. The van der Waals surface area contributed by atoms with Crippen LogP contribution in [0.5, 0.6) is 0 Å². The summed E-state index contributed by atoms with van der Waals surface area (Å²) < 4.78 is 119. The molecule has 0 radical (unpaired) electrons. The summed E-state index contributed by atoms with van der Waals surface area (Å²) in [5.74, 6) is -0.928. The van der Waals surface area contributed by atoms with Gasteiger partial charge in [-0.25, -0.2) is 0 Å². The van der Waals surface area contributed by atoms with Crippen LogP contribution in [0.3, 0.4) is 0 Å². The van der Waals surface area contributed by atoms with Crippen molar-refractivity contribution in [1.82, 2.24) is 0 Å². The lowest BCUT2D eigenvalue weighted by molar-refractivity contribution is -0.139. The van der Waals surface area contributed by atoms with Gasteiger partial charge in [-0.15, -0.1) is 0 Å². The Kier molecular flexibility index (Phi) is 6.81. The van der Waals surface area contributed by atoms with Gasteiger partial charge in [0, 0.05) is 0 Å². The molecule has 0 aliphatic rings. The van der Waals surface area contributed by atoms with Gasteiger partial charge in [-0.05, 0) is 59.7 Å². The molecule has 0 fully saturated rings. The molecule has 0 nitrogen and oxygen atoms in total. The third-order valence-corrected chi connectivity index (χ3v) is 5.21. The van der Waals surface area contributed by atoms with E-state index in [1.807, 2.05) is 0 Å². The maximum Gasteiger partial charge on any atom is 0.416 e. The molecule has 176 valence electrons. The largest absolute Gasteiger partial charge is 0.416 e. The third-order valence-electron chi connectivity index (χ3n) is 5.21. The zero-order valence-electron chi connectivity index (χ0n) is 16.8. The Morgan fingerprint density at radius 1 is 0.515 bits per heavy atom. The highest BCUT2D eigenvalue weighted by atomic mass is 19.4. The van der Waals surface area contributed by atoms with E-state index in [0.717, 1.165) is 42.5 Å². The minimum atomic E-state index is -4.71. The smallest absolute Gasteiger partial charge is 0.166 e. The van der Waals surface area contributed by atoms with Crippen LogP contribution in [0.15, 0.2) is 72.8 Å². The van der Waals surface area contributed by atoms with Crippen molar-refractivity contribution < 1.29 is 39.5 Å². The molecule has 1 atom stereocenters. The first kappa shape index (κ1) is 24.7. The van der Waals surface area contributed by atoms with Crippen LogP contribution in [0.2, 0.25) is 0 Å². The van der Waals surface area contributed by atoms with Crippen molar-refractivity contribution in [2.45, 2.75) is 37.3 Å². The third kappa shape index (κ3) is 6.30. The summed E-state index contributed by atoms with van der Waals surface area (Å²) in [5, 5.41) is 0. The minimum Gasteiger partial charge on any atom is -0.166 e. The van der Waals surface area contributed by atoms with E-state index in [1.54, 1.807) is 0 Å². The van der Waals surface area contributed by atoms with Gasteiger partial charge in [0.25, 0.3) is 0 Å². The Balaban J connectivity index is 2.01. The summed E-state index contributed by atoms with van der Waals surface area (Å²) in [6.07, 6.45) is -14.2. The summed E-state index contributed by atoms with van der Waals surface area (Å²) in [6, 6.07) is 13.0. The van der Waals surface area contributed by atoms with Gasteiger partial charge in [-0.1, -0.05) is 48.5 Å². The molecule has 0 spiro atoms. The molecule has 0 saturated carbocycles. The van der Waals surface area contributed by atoms with E-state index in [0.29, 0.717) is 5.56 Å². The van der Waals surface area contributed by atoms with Crippen LogP contribution in [0, 0.1) is 0 Å². The topological polar surface area (TPSA) is 0 Å². The molecule has 3 aromatic carbocycles. The summed E-state index contributed by atoms with van der Waals surface area (Å²) in [5.41, 5.74) is -2.42. The Morgan fingerprint density at radius 3 is 1.67 bits per heavy atom. The Labute approximate surface area is 183 Å². The van der Waals surface area contributed by atoms with Crippen molar-refractivity contribution in [2.24, 2.45) is 0 Å². The number of benzene rings is 3. The number of halogens is 9. The molecule has 0 aliphatic heterocycles. The van der Waals surface area contributed by atoms with Crippen LogP contribution in [0.25, 0.3) is 0 Å². The first-order chi connectivity index (χ1) is 15.2. The summed E-state index contributed by atoms with van der Waals surface area (Å²) >= 11 is 0. The summed E-state index contributed by atoms with van der Waals surface area (Å²) in [6.45, 7) is 0. The monoisotopic (exact) mass is 476 g/mol. The van der Waals surface area contributed by atoms with Crippen molar-refractivity contribution >= 4 is 0 Å². The predicted octanol–water partition coefficient (Wildman–Crippen LogP) is 8.31. The van der Waals surface area contributed by atoms with Gasteiger partial charge in [-0.2, -0.15) is 39.5 Å². The zero-order valence-corrected chi connectivity index (χ0v) is 16.8. The summed E-state index contributed by atoms with van der Waals surface area (Å²) in [4.78, 5) is 0. The molecule has 9 heteroatoms. The fourth-order valence-corrected chi connectivity index (χ4v) is 3.68. The molecule has 3 aromatic rings. The van der Waals surface area contributed by atoms with Crippen LogP contribution >= 0.6 is 0 Å². The number of hydrogen-bond donors (Lipinski definition) is 0. The molecule has 0 saturated heterocycles. The number of hydrogen-bond acceptors (Lipinski definition) is 0. The highest BCUT2D eigenvalue weighted by Gasteiger charge is 2.36. The second-order valence-electron chi connectivity index (χ2n) is 7.58. The quantitative estimate of drug-likeness (QED) is 0.325. The maximum atomic E-state index is 13.6. The first-order valence-electron chi connectivity index (χ1n) is 9.73. The van der Waals surface area contributed by atoms with Gasteiger partial charge in [0.05, 0.1) is 16.7 Å². The number of rotatable bonds is 5. The molecule has 0 bridgehead atoms. The van der Waals surface area contributed by atoms with E-state index in [9.17, 15) is 39.5 Å². The van der Waals surface area contributed by atoms with Gasteiger partial charge in [0.1, 0.15) is 0 Å². The van der Waals surface area contributed by atoms with Crippen LogP contribution in [0.4, 0.5) is 39.5 Å². The average Bonchev–Trinajstić information content (AvgIpc) is 2.72. The fourth-order valence-electron chi connectivity index (χ4n) is 3.68. The normalized spacial score (nSPS) is 13.7. The second kappa shape index (κ2) is 9.11. The van der Waals surface area contributed by atoms with Crippen molar-refractivity contribution in [2.75, 3.05) is 0 Å². The molecule has 1 unspecified atom stereocenters. The van der Waals surface area contributed by atoms with Crippen molar-refractivity contribution in [3.8, 4) is 0 Å². The average molecular weight is 476 g/mol. The van der Waals surface area contributed by atoms with Crippen molar-refractivity contribution in [3.05, 3.63) is 106 Å². The van der Waals surface area contributed by atoms with E-state index in [2.05, 4.69) is 0 Å². The predicted molar refractivity (Wildman–Crippen MR) is 104 cm³/mol. The fraction of sp³-hybridized carbons (Fsp3) is 0.250. The van der Waals surface area contributed by atoms with Crippen molar-refractivity contribution in [3.63, 3.8) is 0 Å². The van der Waals surface area contributed by atoms with E-state index in [-0.39, 0.29) is 24.0 Å². The molecule has 0 amide bonds. The van der Waals surface area contributed by atoms with Crippen LogP contribution in [0.1, 0.15) is 39.3 Å². The lowest BCUT2D eigenvalue weighted by atomic mass is 9.83. The molecule has 0 N–H and O–H groups in total. The highest BCUT2D eigenvalue weighted by molar-refractivity contribution is 5.37. The van der Waals surface area contributed by atoms with Crippen LogP contribution in [-0.2, 0) is 31.4 Å². The Morgan fingerprint density at radius 2 is 1.09 bits per heavy atom. The lowest BCUT2D eigenvalue weighted by Crippen LogP contribution is -2.16. The molecule has 0 aliphatic carbocycles. The zero-order chi connectivity index (χ0) is 24.4. The Hall–Kier alpha value is -2.97. The van der Waals surface area contributed by atoms with E-state index in [4.69, 9.17) is 0 Å². The Bertz CT molecular complexity index is 1070. The van der Waals surface area contributed by atoms with Gasteiger partial charge >= 0.3 is 18.5 Å². The van der Waals surface area contributed by atoms with Crippen LogP contribution < -0.4 is 0 Å². The molecule has 0 heterocycles. The van der Waals surface area contributed by atoms with Gasteiger partial charge in [0.15, 0.2) is 0 Å². The highest BCUT2D eigenvalue weighted by Crippen LogP contribution is 2.38. The maximum absolute atomic E-state index is 13.6. The molecule has 3 rings (SSSR count). The van der Waals surface area contributed by atoms with Gasteiger partial charge in [-0.3, -0.25) is 0 Å². The van der Waals surface area contributed by atoms with E-state index >= 15 is 0 Å². The second-order valence-corrected chi connectivity index (χ2v) is 7.58. The first-order valence-corrected chi connectivity index (χ1v) is 9.73. The van der Waals surface area contributed by atoms with E-state index in [1.165, 1.54) is 30.3 Å².